The van der Waals surface area contributed by atoms with Crippen molar-refractivity contribution in [1.82, 2.24) is 15.1 Å². The molecule has 2 aliphatic rings. The van der Waals surface area contributed by atoms with Crippen molar-refractivity contribution in [3.63, 3.8) is 0 Å². The fourth-order valence-electron chi connectivity index (χ4n) is 6.73. The molecule has 0 aromatic heterocycles. The van der Waals surface area contributed by atoms with E-state index in [0.29, 0.717) is 49.9 Å². The summed E-state index contributed by atoms with van der Waals surface area (Å²) in [6.45, 7) is 1.10. The number of alkyl halides is 1. The van der Waals surface area contributed by atoms with Gasteiger partial charge in [-0.2, -0.15) is 0 Å². The first-order valence-corrected chi connectivity index (χ1v) is 18.3. The molecule has 2 N–H and O–H groups in total. The molecule has 0 aliphatic carbocycles. The molecule has 4 aromatic rings. The van der Waals surface area contributed by atoms with Crippen LogP contribution < -0.4 is 15.4 Å². The number of hydrogen-bond donors (Lipinski definition) is 2. The number of piperidine rings is 1. The van der Waals surface area contributed by atoms with Gasteiger partial charge < -0.3 is 15.0 Å². The number of carbonyl (C=O) groups is 5. The lowest BCUT2D eigenvalue weighted by molar-refractivity contribution is -0.136. The molecule has 1 saturated heterocycles. The van der Waals surface area contributed by atoms with Crippen LogP contribution in [0.25, 0.3) is 11.1 Å². The minimum absolute atomic E-state index is 0.0512. The second-order valence-electron chi connectivity index (χ2n) is 12.9. The third-order valence-electron chi connectivity index (χ3n) is 9.45. The molecule has 1 unspecified atom stereocenters. The zero-order chi connectivity index (χ0) is 37.3. The lowest BCUT2D eigenvalue weighted by Crippen LogP contribution is -2.54. The third kappa shape index (κ3) is 8.50. The van der Waals surface area contributed by atoms with E-state index in [1.54, 1.807) is 30.1 Å². The third-order valence-corrected chi connectivity index (χ3v) is 9.64. The summed E-state index contributed by atoms with van der Waals surface area (Å²) in [7, 11) is 1.74. The highest BCUT2D eigenvalue weighted by atomic mass is 35.5. The summed E-state index contributed by atoms with van der Waals surface area (Å²) >= 11 is 6.29. The average molecular weight is 733 g/mol. The van der Waals surface area contributed by atoms with Crippen LogP contribution in [-0.2, 0) is 14.4 Å². The Morgan fingerprint density at radius 3 is 2.21 bits per heavy atom. The number of halogens is 1. The molecule has 0 bridgehead atoms. The van der Waals surface area contributed by atoms with Gasteiger partial charge >= 0.3 is 0 Å². The summed E-state index contributed by atoms with van der Waals surface area (Å²) in [5, 5.41) is 5.39. The largest absolute Gasteiger partial charge is 0.492 e. The summed E-state index contributed by atoms with van der Waals surface area (Å²) in [5.41, 5.74) is 6.42. The number of rotatable bonds is 15. The molecule has 2 aliphatic heterocycles. The minimum atomic E-state index is -1.03. The Bertz CT molecular complexity index is 2020. The van der Waals surface area contributed by atoms with Crippen LogP contribution in [0.5, 0.6) is 5.75 Å². The standard InChI is InChI=1S/C42H41ClN4O6/c1-46(37(49)16-9-25-44-34-15-8-14-33-39(34)42(52)47(41(33)51)35-21-22-36(48)45-40(35)50)26-27-53-31-19-17-30(18-20-31)38(29-12-6-3-7-13-29)32(23-24-43)28-10-4-2-5-11-28/h2-8,10-15,17-20,35,44H,9,16,21-27H2,1H3,(H,45,48,50)/b38-32-. The molecule has 6 rings (SSSR count). The topological polar surface area (TPSA) is 125 Å². The number of allylic oxidation sites excluding steroid dienone is 1. The Hall–Kier alpha value is -5.74. The van der Waals surface area contributed by atoms with Crippen LogP contribution in [0.2, 0.25) is 0 Å². The number of carbonyl (C=O) groups excluding carboxylic acids is 5. The van der Waals surface area contributed by atoms with Crippen molar-refractivity contribution in [3.05, 3.63) is 131 Å². The lowest BCUT2D eigenvalue weighted by atomic mass is 9.88. The predicted octanol–water partition coefficient (Wildman–Crippen LogP) is 6.41. The van der Waals surface area contributed by atoms with E-state index < -0.39 is 29.7 Å². The number of nitrogens with zero attached hydrogens (tertiary/aromatic N) is 2. The first-order chi connectivity index (χ1) is 25.8. The van der Waals surface area contributed by atoms with Crippen LogP contribution in [0.4, 0.5) is 5.69 Å². The molecule has 53 heavy (non-hydrogen) atoms. The van der Waals surface area contributed by atoms with Gasteiger partial charge in [0.15, 0.2) is 0 Å². The highest BCUT2D eigenvalue weighted by molar-refractivity contribution is 6.25. The summed E-state index contributed by atoms with van der Waals surface area (Å²) in [6.07, 6.45) is 1.61. The first kappa shape index (κ1) is 37.0. The summed E-state index contributed by atoms with van der Waals surface area (Å²) < 4.78 is 6.02. The molecule has 272 valence electrons. The van der Waals surface area contributed by atoms with Gasteiger partial charge in [0, 0.05) is 38.0 Å². The Morgan fingerprint density at radius 1 is 0.849 bits per heavy atom. The lowest BCUT2D eigenvalue weighted by Gasteiger charge is -2.27. The zero-order valence-corrected chi connectivity index (χ0v) is 30.2. The normalized spacial score (nSPS) is 15.8. The van der Waals surface area contributed by atoms with E-state index in [2.05, 4.69) is 47.0 Å². The van der Waals surface area contributed by atoms with Crippen LogP contribution in [0.1, 0.15) is 69.5 Å². The van der Waals surface area contributed by atoms with Crippen molar-refractivity contribution >= 4 is 58.0 Å². The van der Waals surface area contributed by atoms with Gasteiger partial charge in [0.05, 0.1) is 17.7 Å². The number of anilines is 1. The van der Waals surface area contributed by atoms with Crippen molar-refractivity contribution in [1.29, 1.82) is 0 Å². The maximum absolute atomic E-state index is 13.3. The zero-order valence-electron chi connectivity index (χ0n) is 29.5. The quantitative estimate of drug-likeness (QED) is 0.0627. The van der Waals surface area contributed by atoms with Gasteiger partial charge in [0.1, 0.15) is 18.4 Å². The van der Waals surface area contributed by atoms with E-state index in [1.165, 1.54) is 5.57 Å². The van der Waals surface area contributed by atoms with E-state index >= 15 is 0 Å². The molecule has 11 heteroatoms. The van der Waals surface area contributed by atoms with Gasteiger partial charge in [0.2, 0.25) is 17.7 Å². The molecule has 0 saturated carbocycles. The minimum Gasteiger partial charge on any atom is -0.492 e. The number of benzene rings is 4. The Morgan fingerprint density at radius 2 is 1.53 bits per heavy atom. The van der Waals surface area contributed by atoms with Gasteiger partial charge in [-0.1, -0.05) is 78.9 Å². The van der Waals surface area contributed by atoms with Crippen LogP contribution in [-0.4, -0.2) is 78.0 Å². The van der Waals surface area contributed by atoms with Crippen molar-refractivity contribution in [2.75, 3.05) is 37.9 Å². The molecule has 2 heterocycles. The highest BCUT2D eigenvalue weighted by Gasteiger charge is 2.45. The molecule has 1 atom stereocenters. The van der Waals surface area contributed by atoms with Gasteiger partial charge in [-0.25, -0.2) is 0 Å². The Labute approximate surface area is 313 Å². The molecule has 0 radical (unpaired) electrons. The highest BCUT2D eigenvalue weighted by Crippen LogP contribution is 2.36. The van der Waals surface area contributed by atoms with Gasteiger partial charge in [-0.3, -0.25) is 34.2 Å². The van der Waals surface area contributed by atoms with Crippen LogP contribution in [0.15, 0.2) is 103 Å². The van der Waals surface area contributed by atoms with E-state index in [0.717, 1.165) is 27.2 Å². The monoisotopic (exact) mass is 732 g/mol. The molecular formula is C42H41ClN4O6. The Kier molecular flexibility index (Phi) is 12.0. The smallest absolute Gasteiger partial charge is 0.264 e. The Balaban J connectivity index is 1.00. The fourth-order valence-corrected chi connectivity index (χ4v) is 6.92. The number of nitrogens with one attached hydrogen (secondary N) is 2. The predicted molar refractivity (Wildman–Crippen MR) is 205 cm³/mol. The average Bonchev–Trinajstić information content (AvgIpc) is 3.43. The van der Waals surface area contributed by atoms with Crippen molar-refractivity contribution in [2.45, 2.75) is 38.1 Å². The number of ether oxygens (including phenoxy) is 1. The number of fused-ring (bicyclic) bond motifs is 1. The van der Waals surface area contributed by atoms with Crippen molar-refractivity contribution < 1.29 is 28.7 Å². The van der Waals surface area contributed by atoms with Gasteiger partial charge in [-0.15, -0.1) is 11.6 Å². The summed E-state index contributed by atoms with van der Waals surface area (Å²) in [4.78, 5) is 65.9. The number of hydrogen-bond acceptors (Lipinski definition) is 7. The van der Waals surface area contributed by atoms with E-state index in [4.69, 9.17) is 16.3 Å². The van der Waals surface area contributed by atoms with Crippen LogP contribution in [0, 0.1) is 0 Å². The maximum atomic E-state index is 13.3. The summed E-state index contributed by atoms with van der Waals surface area (Å²) in [5.74, 6) is -1.08. The molecule has 5 amide bonds. The number of amides is 5. The molecule has 0 spiro atoms. The van der Waals surface area contributed by atoms with E-state index in [-0.39, 0.29) is 36.3 Å². The van der Waals surface area contributed by atoms with Gasteiger partial charge in [-0.05, 0) is 71.4 Å². The van der Waals surface area contributed by atoms with E-state index in [9.17, 15) is 24.0 Å². The molecule has 10 nitrogen and oxygen atoms in total. The molecule has 4 aromatic carbocycles. The van der Waals surface area contributed by atoms with E-state index in [1.807, 2.05) is 48.5 Å². The first-order valence-electron chi connectivity index (χ1n) is 17.7. The molecule has 1 fully saturated rings. The second-order valence-corrected chi connectivity index (χ2v) is 13.3. The summed E-state index contributed by atoms with van der Waals surface area (Å²) in [6, 6.07) is 32.4. The second kappa shape index (κ2) is 17.2. The van der Waals surface area contributed by atoms with Gasteiger partial charge in [0.25, 0.3) is 11.8 Å². The fraction of sp³-hybridized carbons (Fsp3) is 0.262. The number of imide groups is 2. The molecular weight excluding hydrogens is 692 g/mol. The van der Waals surface area contributed by atoms with Crippen LogP contribution >= 0.6 is 11.6 Å². The van der Waals surface area contributed by atoms with Crippen molar-refractivity contribution in [3.8, 4) is 5.75 Å². The maximum Gasteiger partial charge on any atom is 0.264 e. The van der Waals surface area contributed by atoms with Crippen LogP contribution in [0.3, 0.4) is 0 Å². The number of likely N-dealkylation sites (N-methyl/N-ethyl adjacent to an activating group) is 1. The van der Waals surface area contributed by atoms with Crippen molar-refractivity contribution in [2.24, 2.45) is 0 Å². The SMILES string of the molecule is CN(CCOc1ccc(/C(=C(/CCCl)c2ccccc2)c2ccccc2)cc1)C(=O)CCCNc1cccc2c1C(=O)N(C1CCC(=O)NC1=O)C2=O.